The summed E-state index contributed by atoms with van der Waals surface area (Å²) in [5.74, 6) is 2.50. The molecule has 3 rings (SSSR count). The molecular formula is C43H55NO11. The average Bonchev–Trinajstić information content (AvgIpc) is 3.45. The third-order valence-corrected chi connectivity index (χ3v) is 9.64. The number of aliphatic hydroxyl groups excluding tert-OH is 3. The van der Waals surface area contributed by atoms with E-state index < -0.39 is 48.4 Å². The predicted octanol–water partition coefficient (Wildman–Crippen LogP) is 4.71. The Labute approximate surface area is 324 Å². The molecule has 12 nitrogen and oxygen atoms in total. The maximum absolute atomic E-state index is 13.0. The first-order valence-electron chi connectivity index (χ1n) is 18.8. The maximum Gasteiger partial charge on any atom is 0.335 e. The Bertz CT molecular complexity index is 1630. The van der Waals surface area contributed by atoms with Crippen LogP contribution in [0, 0.1) is 43.4 Å². The Balaban J connectivity index is 1.55. The number of carbonyl (C=O) groups is 3. The first-order valence-corrected chi connectivity index (χ1v) is 18.8. The van der Waals surface area contributed by atoms with Crippen molar-refractivity contribution in [1.82, 2.24) is 4.98 Å². The van der Waals surface area contributed by atoms with Gasteiger partial charge in [0.15, 0.2) is 18.0 Å². The number of terminal acetylenes is 2. The van der Waals surface area contributed by atoms with E-state index >= 15 is 0 Å². The fraction of sp³-hybridized carbons (Fsp3) is 0.535. The zero-order valence-corrected chi connectivity index (χ0v) is 32.1. The van der Waals surface area contributed by atoms with E-state index in [0.717, 1.165) is 6.42 Å². The standard InChI is InChI=1S/C43H55NO11/c1-6-23-51-30(4)42(49)53-27-33-26-44-29(3)41(37(33)28-54-43(50)31(5)52-24-7-2)55-40(48)18-14-9-8-13-17-35-36(39(47)25-38(35)46)22-21-34(45)20-19-32-15-11-10-12-16-32/h1-2,8,10-13,15-16,26,30-31,34-36,38-39,45-47H,9,14,17-25,27-28H2,3-5H3/b13-8-/t30?,31?,34?,35-,36-,38+,39-/m1/s1. The second-order valence-corrected chi connectivity index (χ2v) is 13.7. The molecule has 1 aliphatic carbocycles. The lowest BCUT2D eigenvalue weighted by Crippen LogP contribution is -2.25. The fourth-order valence-electron chi connectivity index (χ4n) is 6.42. The van der Waals surface area contributed by atoms with E-state index in [4.69, 9.17) is 36.5 Å². The molecule has 1 aromatic carbocycles. The minimum absolute atomic E-state index is 0.0669. The van der Waals surface area contributed by atoms with Gasteiger partial charge in [0.2, 0.25) is 0 Å². The number of hydrogen-bond donors (Lipinski definition) is 3. The summed E-state index contributed by atoms with van der Waals surface area (Å²) in [6.07, 6.45) is 16.7. The van der Waals surface area contributed by atoms with Crippen molar-refractivity contribution >= 4 is 17.9 Å². The molecule has 55 heavy (non-hydrogen) atoms. The number of ether oxygens (including phenoxy) is 5. The van der Waals surface area contributed by atoms with Gasteiger partial charge in [-0.3, -0.25) is 9.78 Å². The molecule has 0 aliphatic heterocycles. The van der Waals surface area contributed by atoms with Gasteiger partial charge < -0.3 is 39.0 Å². The molecule has 1 aliphatic rings. The summed E-state index contributed by atoms with van der Waals surface area (Å²) in [6.45, 7) is 3.86. The van der Waals surface area contributed by atoms with E-state index in [0.29, 0.717) is 61.8 Å². The molecule has 3 N–H and O–H groups in total. The van der Waals surface area contributed by atoms with E-state index in [1.807, 2.05) is 42.5 Å². The highest BCUT2D eigenvalue weighted by molar-refractivity contribution is 5.75. The Hall–Kier alpha value is -4.56. The SMILES string of the molecule is C#CCOC(C)C(=O)OCc1cnc(C)c(OC(=O)CCC/C=C\C[C@@H]2[C@@H](CCC(O)CCc3ccccc3)[C@H](O)C[C@@H]2O)c1COC(=O)C(C)OCC#C. The van der Waals surface area contributed by atoms with Crippen LogP contribution < -0.4 is 4.74 Å². The highest BCUT2D eigenvalue weighted by Gasteiger charge is 2.40. The summed E-state index contributed by atoms with van der Waals surface area (Å²) in [5, 5.41) is 31.9. The third-order valence-electron chi connectivity index (χ3n) is 9.64. The van der Waals surface area contributed by atoms with Gasteiger partial charge in [-0.05, 0) is 89.5 Å². The molecule has 12 heteroatoms. The van der Waals surface area contributed by atoms with Gasteiger partial charge in [-0.25, -0.2) is 9.59 Å². The van der Waals surface area contributed by atoms with Gasteiger partial charge in [-0.2, -0.15) is 0 Å². The number of nitrogens with zero attached hydrogens (tertiary/aromatic N) is 1. The van der Waals surface area contributed by atoms with Crippen LogP contribution in [0.1, 0.15) is 87.6 Å². The van der Waals surface area contributed by atoms with Crippen LogP contribution in [0.15, 0.2) is 48.7 Å². The molecule has 1 fully saturated rings. The van der Waals surface area contributed by atoms with Crippen LogP contribution in [-0.4, -0.2) is 81.9 Å². The van der Waals surface area contributed by atoms with Gasteiger partial charge in [0, 0.05) is 23.7 Å². The molecule has 0 saturated heterocycles. The summed E-state index contributed by atoms with van der Waals surface area (Å²) >= 11 is 0. The highest BCUT2D eigenvalue weighted by Crippen LogP contribution is 2.38. The lowest BCUT2D eigenvalue weighted by Gasteiger charge is -2.23. The Kier molecular flexibility index (Phi) is 19.6. The molecular weight excluding hydrogens is 706 g/mol. The first kappa shape index (κ1) is 44.8. The molecule has 1 aromatic heterocycles. The quantitative estimate of drug-likeness (QED) is 0.0618. The number of aromatic nitrogens is 1. The van der Waals surface area contributed by atoms with E-state index in [2.05, 4.69) is 16.8 Å². The molecule has 0 radical (unpaired) electrons. The van der Waals surface area contributed by atoms with Crippen LogP contribution in [0.5, 0.6) is 5.75 Å². The summed E-state index contributed by atoms with van der Waals surface area (Å²) in [6, 6.07) is 10.0. The molecule has 7 atom stereocenters. The van der Waals surface area contributed by atoms with Crippen molar-refractivity contribution < 1.29 is 53.4 Å². The summed E-state index contributed by atoms with van der Waals surface area (Å²) < 4.78 is 27.1. The molecule has 298 valence electrons. The lowest BCUT2D eigenvalue weighted by molar-refractivity contribution is -0.158. The zero-order chi connectivity index (χ0) is 40.2. The molecule has 0 bridgehead atoms. The summed E-state index contributed by atoms with van der Waals surface area (Å²) in [5.41, 5.74) is 2.16. The Morgan fingerprint density at radius 1 is 0.927 bits per heavy atom. The van der Waals surface area contributed by atoms with Crippen molar-refractivity contribution in [3.05, 3.63) is 71.1 Å². The Morgan fingerprint density at radius 2 is 1.56 bits per heavy atom. The smallest absolute Gasteiger partial charge is 0.335 e. The summed E-state index contributed by atoms with van der Waals surface area (Å²) in [7, 11) is 0. The lowest BCUT2D eigenvalue weighted by atomic mass is 9.85. The predicted molar refractivity (Wildman–Crippen MR) is 204 cm³/mol. The number of esters is 3. The molecule has 0 amide bonds. The number of rotatable bonds is 23. The van der Waals surface area contributed by atoms with Gasteiger partial charge >= 0.3 is 17.9 Å². The van der Waals surface area contributed by atoms with Crippen LogP contribution in [0.4, 0.5) is 0 Å². The Morgan fingerprint density at radius 3 is 2.22 bits per heavy atom. The van der Waals surface area contributed by atoms with Crippen molar-refractivity contribution in [3.63, 3.8) is 0 Å². The van der Waals surface area contributed by atoms with Crippen molar-refractivity contribution in [1.29, 1.82) is 0 Å². The topological polar surface area (TPSA) is 171 Å². The number of unbranched alkanes of at least 4 members (excludes halogenated alkanes) is 1. The molecule has 1 heterocycles. The van der Waals surface area contributed by atoms with Crippen LogP contribution in [0.25, 0.3) is 0 Å². The minimum Gasteiger partial charge on any atom is -0.459 e. The largest absolute Gasteiger partial charge is 0.459 e. The molecule has 3 unspecified atom stereocenters. The van der Waals surface area contributed by atoms with Crippen LogP contribution >= 0.6 is 0 Å². The monoisotopic (exact) mass is 761 g/mol. The molecule has 0 spiro atoms. The zero-order valence-electron chi connectivity index (χ0n) is 32.1. The van der Waals surface area contributed by atoms with Gasteiger partial charge in [-0.1, -0.05) is 54.3 Å². The number of hydrogen-bond acceptors (Lipinski definition) is 12. The van der Waals surface area contributed by atoms with Crippen LogP contribution in [0.3, 0.4) is 0 Å². The third kappa shape index (κ3) is 15.2. The second kappa shape index (κ2) is 24.1. The highest BCUT2D eigenvalue weighted by atomic mass is 16.6. The van der Waals surface area contributed by atoms with Crippen molar-refractivity contribution in [2.24, 2.45) is 11.8 Å². The van der Waals surface area contributed by atoms with Crippen molar-refractivity contribution in [2.45, 2.75) is 122 Å². The average molecular weight is 762 g/mol. The summed E-state index contributed by atoms with van der Waals surface area (Å²) in [4.78, 5) is 42.4. The van der Waals surface area contributed by atoms with Gasteiger partial charge in [0.05, 0.1) is 24.0 Å². The normalized spacial score (nSPS) is 19.6. The van der Waals surface area contributed by atoms with Crippen molar-refractivity contribution in [2.75, 3.05) is 13.2 Å². The van der Waals surface area contributed by atoms with Gasteiger partial charge in [-0.15, -0.1) is 12.8 Å². The van der Waals surface area contributed by atoms with E-state index in [9.17, 15) is 29.7 Å². The molecule has 2 aromatic rings. The van der Waals surface area contributed by atoms with Gasteiger partial charge in [0.1, 0.15) is 26.4 Å². The van der Waals surface area contributed by atoms with E-state index in [1.54, 1.807) is 6.92 Å². The number of allylic oxidation sites excluding steroid dienone is 2. The number of aliphatic hydroxyl groups is 3. The minimum atomic E-state index is -0.954. The van der Waals surface area contributed by atoms with E-state index in [1.165, 1.54) is 25.6 Å². The van der Waals surface area contributed by atoms with Gasteiger partial charge in [0.25, 0.3) is 0 Å². The number of pyridine rings is 1. The number of benzene rings is 1. The fourth-order valence-corrected chi connectivity index (χ4v) is 6.42. The number of carbonyl (C=O) groups excluding carboxylic acids is 3. The van der Waals surface area contributed by atoms with Crippen LogP contribution in [-0.2, 0) is 53.0 Å². The second-order valence-electron chi connectivity index (χ2n) is 13.7. The van der Waals surface area contributed by atoms with E-state index in [-0.39, 0.29) is 50.4 Å². The first-order chi connectivity index (χ1) is 26.4. The maximum atomic E-state index is 13.0. The molecule has 1 saturated carbocycles. The van der Waals surface area contributed by atoms with Crippen LogP contribution in [0.2, 0.25) is 0 Å². The van der Waals surface area contributed by atoms with Crippen molar-refractivity contribution in [3.8, 4) is 30.4 Å². The number of aryl methyl sites for hydroxylation is 2.